The molecule has 0 fully saturated rings. The van der Waals surface area contributed by atoms with E-state index < -0.39 is 11.9 Å². The number of nitrogens with one attached hydrogen (secondary N) is 2. The molecule has 0 bridgehead atoms. The molecule has 0 aromatic rings. The molecule has 6 nitrogen and oxygen atoms in total. The van der Waals surface area contributed by atoms with E-state index in [9.17, 15) is 9.59 Å². The van der Waals surface area contributed by atoms with Gasteiger partial charge in [0, 0.05) is 12.2 Å². The molecule has 0 spiro atoms. The Labute approximate surface area is 101 Å². The highest BCUT2D eigenvalue weighted by atomic mass is 16.5. The van der Waals surface area contributed by atoms with Crippen LogP contribution in [0, 0.1) is 11.3 Å². The van der Waals surface area contributed by atoms with Crippen LogP contribution in [0.5, 0.6) is 0 Å². The molecule has 0 radical (unpaired) electrons. The molecule has 0 saturated carbocycles. The Balaban J connectivity index is 4.24. The normalized spacial score (nSPS) is 10.6. The quantitative estimate of drug-likeness (QED) is 0.389. The summed E-state index contributed by atoms with van der Waals surface area (Å²) in [4.78, 5) is 22.4. The molecule has 0 aliphatic rings. The number of hydrogen-bond donors (Lipinski definition) is 2. The van der Waals surface area contributed by atoms with Crippen LogP contribution in [0.3, 0.4) is 0 Å². The molecule has 0 saturated heterocycles. The van der Waals surface area contributed by atoms with Gasteiger partial charge in [0.05, 0.1) is 6.61 Å². The van der Waals surface area contributed by atoms with Gasteiger partial charge >= 0.3 is 5.97 Å². The summed E-state index contributed by atoms with van der Waals surface area (Å²) in [6.07, 6.45) is 1.20. The van der Waals surface area contributed by atoms with Crippen LogP contribution in [-0.2, 0) is 14.3 Å². The van der Waals surface area contributed by atoms with Gasteiger partial charge in [0.15, 0.2) is 0 Å². The monoisotopic (exact) mass is 239 g/mol. The summed E-state index contributed by atoms with van der Waals surface area (Å²) < 4.78 is 4.67. The van der Waals surface area contributed by atoms with Crippen LogP contribution in [0.4, 0.5) is 0 Å². The molecule has 6 heteroatoms. The van der Waals surface area contributed by atoms with E-state index in [0.29, 0.717) is 6.61 Å². The van der Waals surface area contributed by atoms with Gasteiger partial charge in [-0.3, -0.25) is 9.59 Å². The molecule has 0 aliphatic carbocycles. The van der Waals surface area contributed by atoms with Crippen molar-refractivity contribution in [2.45, 2.75) is 26.8 Å². The Bertz CT molecular complexity index is 342. The molecule has 0 aliphatic heterocycles. The van der Waals surface area contributed by atoms with Gasteiger partial charge in [-0.05, 0) is 20.8 Å². The number of carbonyl (C=O) groups excluding carboxylic acids is 2. The van der Waals surface area contributed by atoms with Gasteiger partial charge in [-0.25, -0.2) is 0 Å². The Hall–Kier alpha value is -2.03. The summed E-state index contributed by atoms with van der Waals surface area (Å²) in [6.45, 7) is 5.50. The molecule has 94 valence electrons. The van der Waals surface area contributed by atoms with E-state index >= 15 is 0 Å². The van der Waals surface area contributed by atoms with Gasteiger partial charge in [-0.2, -0.15) is 5.26 Å². The third-order valence-electron chi connectivity index (χ3n) is 1.58. The fourth-order valence-corrected chi connectivity index (χ4v) is 0.937. The first-order valence-corrected chi connectivity index (χ1v) is 5.31. The predicted octanol–water partition coefficient (Wildman–Crippen LogP) is 0.0712. The van der Waals surface area contributed by atoms with Crippen molar-refractivity contribution >= 4 is 11.9 Å². The average molecular weight is 239 g/mol. The van der Waals surface area contributed by atoms with Crippen molar-refractivity contribution in [3.05, 3.63) is 11.8 Å². The zero-order valence-electron chi connectivity index (χ0n) is 10.2. The molecule has 0 rings (SSSR count). The largest absolute Gasteiger partial charge is 0.465 e. The van der Waals surface area contributed by atoms with Crippen LogP contribution in [-0.4, -0.2) is 31.1 Å². The van der Waals surface area contributed by atoms with Gasteiger partial charge in [-0.15, -0.1) is 0 Å². The standard InChI is InChI=1S/C11H17N3O3/c1-4-17-10(15)7-13-6-9(5-12)11(16)14-8(2)3/h6,8,13H,4,7H2,1-3H3,(H,14,16)/b9-6-. The molecule has 17 heavy (non-hydrogen) atoms. The van der Waals surface area contributed by atoms with Crippen LogP contribution in [0.1, 0.15) is 20.8 Å². The van der Waals surface area contributed by atoms with E-state index in [0.717, 1.165) is 0 Å². The lowest BCUT2D eigenvalue weighted by Gasteiger charge is -2.07. The van der Waals surface area contributed by atoms with E-state index in [1.807, 2.05) is 0 Å². The molecule has 0 atom stereocenters. The van der Waals surface area contributed by atoms with Crippen molar-refractivity contribution in [3.8, 4) is 6.07 Å². The van der Waals surface area contributed by atoms with Crippen LogP contribution < -0.4 is 10.6 Å². The number of nitriles is 1. The SMILES string of the molecule is CCOC(=O)CN/C=C(/C#N)C(=O)NC(C)C. The summed E-state index contributed by atoms with van der Waals surface area (Å²) >= 11 is 0. The topological polar surface area (TPSA) is 91.2 Å². The van der Waals surface area contributed by atoms with Crippen LogP contribution in [0.15, 0.2) is 11.8 Å². The summed E-state index contributed by atoms with van der Waals surface area (Å²) in [7, 11) is 0. The molecule has 0 aromatic heterocycles. The second-order valence-electron chi connectivity index (χ2n) is 3.48. The first-order chi connectivity index (χ1) is 8.01. The highest BCUT2D eigenvalue weighted by molar-refractivity contribution is 5.97. The Morgan fingerprint density at radius 2 is 2.12 bits per heavy atom. The molecule has 0 heterocycles. The number of amides is 1. The second-order valence-corrected chi connectivity index (χ2v) is 3.48. The van der Waals surface area contributed by atoms with E-state index in [1.165, 1.54) is 6.20 Å². The Kier molecular flexibility index (Phi) is 7.19. The number of ether oxygens (including phenoxy) is 1. The van der Waals surface area contributed by atoms with Gasteiger partial charge < -0.3 is 15.4 Å². The summed E-state index contributed by atoms with van der Waals surface area (Å²) in [5.74, 6) is -0.913. The minimum Gasteiger partial charge on any atom is -0.465 e. The first-order valence-electron chi connectivity index (χ1n) is 5.31. The third kappa shape index (κ3) is 6.95. The van der Waals surface area contributed by atoms with Crippen LogP contribution in [0.25, 0.3) is 0 Å². The fourth-order valence-electron chi connectivity index (χ4n) is 0.937. The number of esters is 1. The molecule has 0 aromatic carbocycles. The van der Waals surface area contributed by atoms with Crippen LogP contribution >= 0.6 is 0 Å². The van der Waals surface area contributed by atoms with Crippen molar-refractivity contribution in [2.75, 3.05) is 13.2 Å². The maximum atomic E-state index is 11.4. The van der Waals surface area contributed by atoms with E-state index in [2.05, 4.69) is 15.4 Å². The molecular formula is C11H17N3O3. The van der Waals surface area contributed by atoms with E-state index in [1.54, 1.807) is 26.8 Å². The van der Waals surface area contributed by atoms with Crippen molar-refractivity contribution in [1.29, 1.82) is 5.26 Å². The summed E-state index contributed by atoms with van der Waals surface area (Å²) in [5, 5.41) is 13.9. The summed E-state index contributed by atoms with van der Waals surface area (Å²) in [5.41, 5.74) is -0.0806. The minimum atomic E-state index is -0.473. The first kappa shape index (κ1) is 15.0. The Morgan fingerprint density at radius 3 is 2.59 bits per heavy atom. The van der Waals surface area contributed by atoms with Crippen molar-refractivity contribution < 1.29 is 14.3 Å². The van der Waals surface area contributed by atoms with Gasteiger partial charge in [0.2, 0.25) is 0 Å². The smallest absolute Gasteiger partial charge is 0.325 e. The van der Waals surface area contributed by atoms with Crippen molar-refractivity contribution in [1.82, 2.24) is 10.6 Å². The number of rotatable bonds is 6. The number of nitrogens with zero attached hydrogens (tertiary/aromatic N) is 1. The van der Waals surface area contributed by atoms with Gasteiger partial charge in [0.25, 0.3) is 5.91 Å². The Morgan fingerprint density at radius 1 is 1.47 bits per heavy atom. The second kappa shape index (κ2) is 8.16. The lowest BCUT2D eigenvalue weighted by atomic mass is 10.2. The van der Waals surface area contributed by atoms with Gasteiger partial charge in [0.1, 0.15) is 18.2 Å². The van der Waals surface area contributed by atoms with Crippen molar-refractivity contribution in [3.63, 3.8) is 0 Å². The molecular weight excluding hydrogens is 222 g/mol. The lowest BCUT2D eigenvalue weighted by molar-refractivity contribution is -0.141. The highest BCUT2D eigenvalue weighted by Gasteiger charge is 2.09. The number of carbonyl (C=O) groups is 2. The van der Waals surface area contributed by atoms with Crippen LogP contribution in [0.2, 0.25) is 0 Å². The third-order valence-corrected chi connectivity index (χ3v) is 1.58. The zero-order chi connectivity index (χ0) is 13.3. The molecule has 1 amide bonds. The van der Waals surface area contributed by atoms with Gasteiger partial charge in [-0.1, -0.05) is 0 Å². The fraction of sp³-hybridized carbons (Fsp3) is 0.545. The molecule has 2 N–H and O–H groups in total. The van der Waals surface area contributed by atoms with Crippen molar-refractivity contribution in [2.24, 2.45) is 0 Å². The number of hydrogen-bond acceptors (Lipinski definition) is 5. The minimum absolute atomic E-state index is 0.0516. The average Bonchev–Trinajstić information content (AvgIpc) is 2.23. The maximum absolute atomic E-state index is 11.4. The predicted molar refractivity (Wildman–Crippen MR) is 61.6 cm³/mol. The summed E-state index contributed by atoms with van der Waals surface area (Å²) in [6, 6.07) is 1.70. The molecule has 0 unspecified atom stereocenters. The maximum Gasteiger partial charge on any atom is 0.325 e. The van der Waals surface area contributed by atoms with E-state index in [-0.39, 0.29) is 18.2 Å². The highest BCUT2D eigenvalue weighted by Crippen LogP contribution is 1.92. The van der Waals surface area contributed by atoms with E-state index in [4.69, 9.17) is 5.26 Å². The lowest BCUT2D eigenvalue weighted by Crippen LogP contribution is -2.32. The zero-order valence-corrected chi connectivity index (χ0v) is 10.2.